The second-order valence-electron chi connectivity index (χ2n) is 5.44. The first-order valence-electron chi connectivity index (χ1n) is 6.49. The molecule has 17 heavy (non-hydrogen) atoms. The molecule has 0 aromatic rings. The van der Waals surface area contributed by atoms with E-state index in [0.717, 1.165) is 13.0 Å². The zero-order valence-electron chi connectivity index (χ0n) is 11.2. The molecule has 4 nitrogen and oxygen atoms in total. The molecule has 1 heterocycles. The van der Waals surface area contributed by atoms with Crippen LogP contribution in [0.1, 0.15) is 40.5 Å². The van der Waals surface area contributed by atoms with Crippen LogP contribution in [0.25, 0.3) is 0 Å². The number of hydrogen-bond donors (Lipinski definition) is 2. The Morgan fingerprint density at radius 1 is 1.41 bits per heavy atom. The molecule has 1 fully saturated rings. The van der Waals surface area contributed by atoms with Crippen LogP contribution in [0.5, 0.6) is 0 Å². The maximum absolute atomic E-state index is 12.1. The van der Waals surface area contributed by atoms with Crippen molar-refractivity contribution in [2.24, 2.45) is 11.8 Å². The molecule has 0 spiro atoms. The van der Waals surface area contributed by atoms with Gasteiger partial charge in [0, 0.05) is 24.4 Å². The lowest BCUT2D eigenvalue weighted by Gasteiger charge is -2.23. The van der Waals surface area contributed by atoms with Gasteiger partial charge in [-0.3, -0.25) is 9.59 Å². The maximum Gasteiger partial charge on any atom is 0.223 e. The lowest BCUT2D eigenvalue weighted by Crippen LogP contribution is -2.44. The standard InChI is InChI=1S/C13H24N2O2/c1-8(2)12(16)11(15-9(3)4)7-10-5-6-14-13(10)17/h8-11,15H,5-7H2,1-4H3,(H,14,17). The Kier molecular flexibility index (Phi) is 5.12. The summed E-state index contributed by atoms with van der Waals surface area (Å²) in [5.74, 6) is 0.306. The van der Waals surface area contributed by atoms with Gasteiger partial charge in [-0.05, 0) is 12.8 Å². The Bertz CT molecular complexity index is 287. The first kappa shape index (κ1) is 14.2. The van der Waals surface area contributed by atoms with Crippen molar-refractivity contribution in [1.82, 2.24) is 10.6 Å². The van der Waals surface area contributed by atoms with E-state index < -0.39 is 0 Å². The normalized spacial score (nSPS) is 22.0. The summed E-state index contributed by atoms with van der Waals surface area (Å²) in [6, 6.07) is 0.0658. The molecule has 2 N–H and O–H groups in total. The molecule has 2 atom stereocenters. The average molecular weight is 240 g/mol. The van der Waals surface area contributed by atoms with E-state index in [-0.39, 0.29) is 35.6 Å². The highest BCUT2D eigenvalue weighted by molar-refractivity contribution is 5.87. The molecular formula is C13H24N2O2. The van der Waals surface area contributed by atoms with Gasteiger partial charge in [-0.25, -0.2) is 0 Å². The molecule has 0 aromatic carbocycles. The molecule has 1 amide bonds. The summed E-state index contributed by atoms with van der Waals surface area (Å²) in [5, 5.41) is 6.10. The van der Waals surface area contributed by atoms with Crippen molar-refractivity contribution in [3.63, 3.8) is 0 Å². The molecule has 0 aromatic heterocycles. The molecule has 0 radical (unpaired) electrons. The molecular weight excluding hydrogens is 216 g/mol. The predicted octanol–water partition coefficient (Wildman–Crippen LogP) is 1.10. The summed E-state index contributed by atoms with van der Waals surface area (Å²) in [7, 11) is 0. The Hall–Kier alpha value is -0.900. The number of nitrogens with one attached hydrogen (secondary N) is 2. The van der Waals surface area contributed by atoms with Crippen molar-refractivity contribution in [3.8, 4) is 0 Å². The van der Waals surface area contributed by atoms with E-state index in [4.69, 9.17) is 0 Å². The van der Waals surface area contributed by atoms with Gasteiger partial charge in [0.15, 0.2) is 5.78 Å². The average Bonchev–Trinajstić information content (AvgIpc) is 2.61. The van der Waals surface area contributed by atoms with E-state index >= 15 is 0 Å². The number of hydrogen-bond acceptors (Lipinski definition) is 3. The minimum Gasteiger partial charge on any atom is -0.356 e. The molecule has 2 unspecified atom stereocenters. The molecule has 1 aliphatic rings. The van der Waals surface area contributed by atoms with Crippen molar-refractivity contribution < 1.29 is 9.59 Å². The largest absolute Gasteiger partial charge is 0.356 e. The van der Waals surface area contributed by atoms with E-state index in [1.54, 1.807) is 0 Å². The van der Waals surface area contributed by atoms with Gasteiger partial charge in [0.2, 0.25) is 5.91 Å². The van der Waals surface area contributed by atoms with Crippen molar-refractivity contribution in [3.05, 3.63) is 0 Å². The van der Waals surface area contributed by atoms with Gasteiger partial charge in [0.05, 0.1) is 6.04 Å². The minimum atomic E-state index is -0.191. The summed E-state index contributed by atoms with van der Waals surface area (Å²) in [6.07, 6.45) is 1.47. The van der Waals surface area contributed by atoms with Crippen molar-refractivity contribution in [2.75, 3.05) is 6.54 Å². The van der Waals surface area contributed by atoms with Gasteiger partial charge in [-0.1, -0.05) is 27.7 Å². The van der Waals surface area contributed by atoms with Crippen molar-refractivity contribution >= 4 is 11.7 Å². The number of amides is 1. The fraction of sp³-hybridized carbons (Fsp3) is 0.846. The van der Waals surface area contributed by atoms with Crippen LogP contribution >= 0.6 is 0 Å². The fourth-order valence-electron chi connectivity index (χ4n) is 2.23. The van der Waals surface area contributed by atoms with Crippen LogP contribution in [-0.2, 0) is 9.59 Å². The monoisotopic (exact) mass is 240 g/mol. The highest BCUT2D eigenvalue weighted by Gasteiger charge is 2.31. The first-order valence-corrected chi connectivity index (χ1v) is 6.49. The maximum atomic E-state index is 12.1. The van der Waals surface area contributed by atoms with Gasteiger partial charge in [0.1, 0.15) is 0 Å². The molecule has 0 saturated carbocycles. The van der Waals surface area contributed by atoms with E-state index in [2.05, 4.69) is 10.6 Å². The molecule has 1 aliphatic heterocycles. The van der Waals surface area contributed by atoms with Gasteiger partial charge in [-0.2, -0.15) is 0 Å². The molecule has 0 bridgehead atoms. The second-order valence-corrected chi connectivity index (χ2v) is 5.44. The van der Waals surface area contributed by atoms with Crippen molar-refractivity contribution in [1.29, 1.82) is 0 Å². The van der Waals surface area contributed by atoms with E-state index in [1.165, 1.54) is 0 Å². The molecule has 4 heteroatoms. The van der Waals surface area contributed by atoms with Gasteiger partial charge in [0.25, 0.3) is 0 Å². The van der Waals surface area contributed by atoms with Crippen LogP contribution in [0.15, 0.2) is 0 Å². The topological polar surface area (TPSA) is 58.2 Å². The third kappa shape index (κ3) is 4.11. The lowest BCUT2D eigenvalue weighted by molar-refractivity contribution is -0.126. The fourth-order valence-corrected chi connectivity index (χ4v) is 2.23. The zero-order chi connectivity index (χ0) is 13.0. The zero-order valence-corrected chi connectivity index (χ0v) is 11.2. The number of rotatable bonds is 6. The summed E-state index contributed by atoms with van der Waals surface area (Å²) in [6.45, 7) is 8.61. The highest BCUT2D eigenvalue weighted by atomic mass is 16.2. The van der Waals surface area contributed by atoms with Crippen LogP contribution in [-0.4, -0.2) is 30.3 Å². The van der Waals surface area contributed by atoms with Gasteiger partial charge >= 0.3 is 0 Å². The quantitative estimate of drug-likeness (QED) is 0.731. The highest BCUT2D eigenvalue weighted by Crippen LogP contribution is 2.18. The Balaban J connectivity index is 2.62. The number of Topliss-reactive ketones (excluding diaryl/α,β-unsaturated/α-hetero) is 1. The first-order chi connectivity index (χ1) is 7.91. The Morgan fingerprint density at radius 2 is 2.06 bits per heavy atom. The lowest BCUT2D eigenvalue weighted by atomic mass is 9.91. The third-order valence-electron chi connectivity index (χ3n) is 3.13. The molecule has 0 aliphatic carbocycles. The third-order valence-corrected chi connectivity index (χ3v) is 3.13. The predicted molar refractivity (Wildman–Crippen MR) is 67.6 cm³/mol. The van der Waals surface area contributed by atoms with Crippen LogP contribution < -0.4 is 10.6 Å². The van der Waals surface area contributed by atoms with Gasteiger partial charge < -0.3 is 10.6 Å². The second kappa shape index (κ2) is 6.15. The van der Waals surface area contributed by atoms with Crippen LogP contribution in [0, 0.1) is 11.8 Å². The van der Waals surface area contributed by atoms with Crippen LogP contribution in [0.3, 0.4) is 0 Å². The minimum absolute atomic E-state index is 0.00560. The molecule has 1 rings (SSSR count). The summed E-state index contributed by atoms with van der Waals surface area (Å²) >= 11 is 0. The van der Waals surface area contributed by atoms with E-state index in [0.29, 0.717) is 6.42 Å². The van der Waals surface area contributed by atoms with Crippen LogP contribution in [0.2, 0.25) is 0 Å². The number of ketones is 1. The SMILES string of the molecule is CC(C)NC(CC1CCNC1=O)C(=O)C(C)C. The Labute approximate surface area is 104 Å². The summed E-state index contributed by atoms with van der Waals surface area (Å²) in [5.41, 5.74) is 0. The molecule has 98 valence electrons. The smallest absolute Gasteiger partial charge is 0.223 e. The number of carbonyl (C=O) groups is 2. The van der Waals surface area contributed by atoms with E-state index in [1.807, 2.05) is 27.7 Å². The summed E-state index contributed by atoms with van der Waals surface area (Å²) < 4.78 is 0. The van der Waals surface area contributed by atoms with Crippen LogP contribution in [0.4, 0.5) is 0 Å². The van der Waals surface area contributed by atoms with E-state index in [9.17, 15) is 9.59 Å². The molecule has 1 saturated heterocycles. The Morgan fingerprint density at radius 3 is 2.47 bits per heavy atom. The van der Waals surface area contributed by atoms with Gasteiger partial charge in [-0.15, -0.1) is 0 Å². The number of carbonyl (C=O) groups excluding carboxylic acids is 2. The summed E-state index contributed by atoms with van der Waals surface area (Å²) in [4.78, 5) is 23.6. The van der Waals surface area contributed by atoms with Crippen molar-refractivity contribution in [2.45, 2.75) is 52.6 Å².